The Hall–Kier alpha value is -2.17. The molecule has 0 saturated heterocycles. The number of rotatable bonds is 6. The van der Waals surface area contributed by atoms with Crippen molar-refractivity contribution in [2.75, 3.05) is 0 Å². The molecule has 1 amide bonds. The van der Waals surface area contributed by atoms with Crippen molar-refractivity contribution in [3.05, 3.63) is 75.8 Å². The number of nitrogens with one attached hydrogen (secondary N) is 1. The summed E-state index contributed by atoms with van der Waals surface area (Å²) in [5.74, 6) is -0.0849. The Morgan fingerprint density at radius 2 is 1.85 bits per heavy atom. The zero-order chi connectivity index (χ0) is 18.5. The van der Waals surface area contributed by atoms with Gasteiger partial charge in [-0.1, -0.05) is 67.1 Å². The number of aryl methyl sites for hydroxylation is 1. The maximum absolute atomic E-state index is 12.6. The summed E-state index contributed by atoms with van der Waals surface area (Å²) in [6.45, 7) is 4.48. The third-order valence-corrected chi connectivity index (χ3v) is 5.87. The Bertz CT molecular complexity index is 892. The second-order valence-corrected chi connectivity index (χ2v) is 7.59. The highest BCUT2D eigenvalue weighted by Gasteiger charge is 2.19. The molecule has 26 heavy (non-hydrogen) atoms. The molecule has 1 N–H and O–H groups in total. The van der Waals surface area contributed by atoms with Crippen LogP contribution >= 0.6 is 22.9 Å². The van der Waals surface area contributed by atoms with Gasteiger partial charge < -0.3 is 5.32 Å². The second kappa shape index (κ2) is 8.47. The van der Waals surface area contributed by atoms with Crippen LogP contribution in [-0.4, -0.2) is 10.9 Å². The van der Waals surface area contributed by atoms with E-state index in [-0.39, 0.29) is 11.8 Å². The molecule has 3 nitrogen and oxygen atoms in total. The number of carbonyl (C=O) groups excluding carboxylic acids is 1. The average Bonchev–Trinajstić information content (AvgIpc) is 3.02. The molecule has 0 bridgehead atoms. The molecular formula is C21H21ClN2OS. The molecule has 1 heterocycles. The van der Waals surface area contributed by atoms with Gasteiger partial charge in [0.25, 0.3) is 0 Å². The van der Waals surface area contributed by atoms with Crippen molar-refractivity contribution in [1.29, 1.82) is 0 Å². The standard InChI is InChI=1S/C21H21ClN2OS/c1-3-16(15-9-5-4-6-10-15)20(25)23-13-19-14(2)24-21(26-19)17-11-7-8-12-18(17)22/h4-12,16H,3,13H2,1-2H3,(H,23,25). The molecule has 0 radical (unpaired) electrons. The van der Waals surface area contributed by atoms with Crippen molar-refractivity contribution < 1.29 is 4.79 Å². The second-order valence-electron chi connectivity index (χ2n) is 6.10. The fraction of sp³-hybridized carbons (Fsp3) is 0.238. The topological polar surface area (TPSA) is 42.0 Å². The summed E-state index contributed by atoms with van der Waals surface area (Å²) in [7, 11) is 0. The highest BCUT2D eigenvalue weighted by Crippen LogP contribution is 2.32. The Kier molecular flexibility index (Phi) is 6.07. The third kappa shape index (κ3) is 4.14. The lowest BCUT2D eigenvalue weighted by Crippen LogP contribution is -2.28. The molecule has 0 fully saturated rings. The molecule has 0 saturated carbocycles. The van der Waals surface area contributed by atoms with Gasteiger partial charge in [0.2, 0.25) is 5.91 Å². The first kappa shape index (κ1) is 18.6. The molecule has 0 aliphatic carbocycles. The van der Waals surface area contributed by atoms with Gasteiger partial charge in [-0.2, -0.15) is 0 Å². The number of aromatic nitrogens is 1. The lowest BCUT2D eigenvalue weighted by atomic mass is 9.96. The molecule has 1 unspecified atom stereocenters. The molecule has 1 atom stereocenters. The predicted molar refractivity (Wildman–Crippen MR) is 109 cm³/mol. The highest BCUT2D eigenvalue weighted by atomic mass is 35.5. The van der Waals surface area contributed by atoms with Gasteiger partial charge in [-0.3, -0.25) is 4.79 Å². The lowest BCUT2D eigenvalue weighted by Gasteiger charge is -2.15. The Morgan fingerprint density at radius 3 is 2.54 bits per heavy atom. The van der Waals surface area contributed by atoms with Crippen LogP contribution in [0, 0.1) is 6.92 Å². The van der Waals surface area contributed by atoms with Crippen LogP contribution in [0.4, 0.5) is 0 Å². The number of benzene rings is 2. The molecule has 0 spiro atoms. The Labute approximate surface area is 163 Å². The largest absolute Gasteiger partial charge is 0.351 e. The molecule has 3 rings (SSSR count). The summed E-state index contributed by atoms with van der Waals surface area (Å²) in [4.78, 5) is 18.3. The average molecular weight is 385 g/mol. The van der Waals surface area contributed by atoms with Gasteiger partial charge in [0, 0.05) is 10.4 Å². The van der Waals surface area contributed by atoms with Gasteiger partial charge in [-0.15, -0.1) is 11.3 Å². The van der Waals surface area contributed by atoms with Gasteiger partial charge in [-0.25, -0.2) is 4.98 Å². The molecule has 0 aliphatic heterocycles. The molecule has 3 aromatic rings. The first-order valence-electron chi connectivity index (χ1n) is 8.64. The van der Waals surface area contributed by atoms with E-state index in [1.165, 1.54) is 0 Å². The summed E-state index contributed by atoms with van der Waals surface area (Å²) in [6.07, 6.45) is 0.766. The van der Waals surface area contributed by atoms with E-state index in [2.05, 4.69) is 10.3 Å². The van der Waals surface area contributed by atoms with E-state index in [9.17, 15) is 4.79 Å². The van der Waals surface area contributed by atoms with E-state index in [0.29, 0.717) is 11.6 Å². The van der Waals surface area contributed by atoms with Crippen LogP contribution in [0.2, 0.25) is 5.02 Å². The van der Waals surface area contributed by atoms with Crippen molar-refractivity contribution >= 4 is 28.8 Å². The molecule has 1 aromatic heterocycles. The summed E-state index contributed by atoms with van der Waals surface area (Å²) >= 11 is 7.85. The summed E-state index contributed by atoms with van der Waals surface area (Å²) in [5, 5.41) is 4.64. The number of nitrogens with zero attached hydrogens (tertiary/aromatic N) is 1. The maximum Gasteiger partial charge on any atom is 0.227 e. The van der Waals surface area contributed by atoms with Crippen LogP contribution in [0.25, 0.3) is 10.6 Å². The van der Waals surface area contributed by atoms with Crippen molar-refractivity contribution in [2.24, 2.45) is 0 Å². The SMILES string of the molecule is CCC(C(=O)NCc1sc(-c2ccccc2Cl)nc1C)c1ccccc1. The van der Waals surface area contributed by atoms with Crippen LogP contribution in [0.15, 0.2) is 54.6 Å². The third-order valence-electron chi connectivity index (χ3n) is 4.35. The van der Waals surface area contributed by atoms with E-state index in [1.807, 2.05) is 68.4 Å². The van der Waals surface area contributed by atoms with Crippen molar-refractivity contribution in [3.8, 4) is 10.6 Å². The minimum Gasteiger partial charge on any atom is -0.351 e. The number of hydrogen-bond donors (Lipinski definition) is 1. The van der Waals surface area contributed by atoms with Crippen LogP contribution in [0.3, 0.4) is 0 Å². The minimum atomic E-state index is -0.132. The number of carbonyl (C=O) groups is 1. The number of hydrogen-bond acceptors (Lipinski definition) is 3. The van der Waals surface area contributed by atoms with Gasteiger partial charge >= 0.3 is 0 Å². The van der Waals surface area contributed by atoms with Crippen molar-refractivity contribution in [3.63, 3.8) is 0 Å². The van der Waals surface area contributed by atoms with Crippen LogP contribution in [0.1, 0.15) is 35.4 Å². The normalized spacial score (nSPS) is 12.0. The van der Waals surface area contributed by atoms with Gasteiger partial charge in [0.15, 0.2) is 0 Å². The summed E-state index contributed by atoms with van der Waals surface area (Å²) in [6, 6.07) is 17.6. The monoisotopic (exact) mass is 384 g/mol. The molecule has 0 aliphatic rings. The molecule has 2 aromatic carbocycles. The number of halogens is 1. The summed E-state index contributed by atoms with van der Waals surface area (Å²) in [5.41, 5.74) is 2.90. The van der Waals surface area contributed by atoms with Crippen LogP contribution < -0.4 is 5.32 Å². The quantitative estimate of drug-likeness (QED) is 0.602. The highest BCUT2D eigenvalue weighted by molar-refractivity contribution is 7.15. The van der Waals surface area contributed by atoms with E-state index in [4.69, 9.17) is 11.6 Å². The molecule has 5 heteroatoms. The van der Waals surface area contributed by atoms with Gasteiger partial charge in [0.1, 0.15) is 5.01 Å². The zero-order valence-electron chi connectivity index (χ0n) is 14.8. The van der Waals surface area contributed by atoms with Crippen LogP contribution in [0.5, 0.6) is 0 Å². The molecule has 134 valence electrons. The van der Waals surface area contributed by atoms with E-state index in [1.54, 1.807) is 11.3 Å². The summed E-state index contributed by atoms with van der Waals surface area (Å²) < 4.78 is 0. The number of thiazole rings is 1. The number of amides is 1. The minimum absolute atomic E-state index is 0.0470. The first-order chi connectivity index (χ1) is 12.6. The van der Waals surface area contributed by atoms with E-state index >= 15 is 0 Å². The molecular weight excluding hydrogens is 364 g/mol. The Balaban J connectivity index is 1.72. The van der Waals surface area contributed by atoms with Gasteiger partial charge in [-0.05, 0) is 25.0 Å². The fourth-order valence-corrected chi connectivity index (χ4v) is 4.21. The van der Waals surface area contributed by atoms with Gasteiger partial charge in [0.05, 0.1) is 23.2 Å². The van der Waals surface area contributed by atoms with Crippen molar-refractivity contribution in [2.45, 2.75) is 32.7 Å². The van der Waals surface area contributed by atoms with E-state index < -0.39 is 0 Å². The van der Waals surface area contributed by atoms with Crippen molar-refractivity contribution in [1.82, 2.24) is 10.3 Å². The van der Waals surface area contributed by atoms with Crippen LogP contribution in [-0.2, 0) is 11.3 Å². The Morgan fingerprint density at radius 1 is 1.15 bits per heavy atom. The smallest absolute Gasteiger partial charge is 0.227 e. The van der Waals surface area contributed by atoms with E-state index in [0.717, 1.165) is 33.1 Å². The lowest BCUT2D eigenvalue weighted by molar-refractivity contribution is -0.122. The first-order valence-corrected chi connectivity index (χ1v) is 9.83. The predicted octanol–water partition coefficient (Wildman–Crippen LogP) is 5.58. The zero-order valence-corrected chi connectivity index (χ0v) is 16.4. The fourth-order valence-electron chi connectivity index (χ4n) is 2.89. The maximum atomic E-state index is 12.6.